The van der Waals surface area contributed by atoms with E-state index in [9.17, 15) is 0 Å². The molecule has 0 amide bonds. The average molecular weight is 191 g/mol. The zero-order valence-corrected chi connectivity index (χ0v) is 9.29. The van der Waals surface area contributed by atoms with Crippen molar-refractivity contribution in [3.8, 4) is 0 Å². The van der Waals surface area contributed by atoms with Gasteiger partial charge in [0.05, 0.1) is 8.07 Å². The van der Waals surface area contributed by atoms with Gasteiger partial charge in [0.15, 0.2) is 0 Å². The highest BCUT2D eigenvalue weighted by molar-refractivity contribution is 6.78. The van der Waals surface area contributed by atoms with Gasteiger partial charge >= 0.3 is 0 Å². The number of hydrogen-bond acceptors (Lipinski definition) is 0. The first-order chi connectivity index (χ1) is 5.27. The second-order valence-electron chi connectivity index (χ2n) is 4.16. The molecule has 2 heteroatoms. The van der Waals surface area contributed by atoms with Gasteiger partial charge in [0.2, 0.25) is 0 Å². The molecule has 0 aromatic rings. The van der Waals surface area contributed by atoms with Crippen LogP contribution in [0, 0.1) is 0 Å². The third-order valence-electron chi connectivity index (χ3n) is 2.97. The molecule has 0 spiro atoms. The molecule has 0 N–H and O–H groups in total. The second-order valence-corrected chi connectivity index (χ2v) is 9.66. The van der Waals surface area contributed by atoms with E-state index in [-0.39, 0.29) is 0 Å². The quantitative estimate of drug-likeness (QED) is 0.468. The predicted molar refractivity (Wildman–Crippen MR) is 55.2 cm³/mol. The molecule has 0 saturated carbocycles. The van der Waals surface area contributed by atoms with Crippen LogP contribution >= 0.6 is 11.6 Å². The van der Waals surface area contributed by atoms with Crippen molar-refractivity contribution in [1.29, 1.82) is 0 Å². The maximum absolute atomic E-state index is 5.70. The summed E-state index contributed by atoms with van der Waals surface area (Å²) in [5, 5.41) is 0. The Morgan fingerprint density at radius 3 is 2.36 bits per heavy atom. The Morgan fingerprint density at radius 2 is 1.82 bits per heavy atom. The van der Waals surface area contributed by atoms with Gasteiger partial charge in [0, 0.05) is 5.88 Å². The van der Waals surface area contributed by atoms with Crippen molar-refractivity contribution in [3.05, 3.63) is 0 Å². The largest absolute Gasteiger partial charge is 0.127 e. The van der Waals surface area contributed by atoms with Crippen molar-refractivity contribution >= 4 is 19.7 Å². The minimum absolute atomic E-state index is 0.742. The molecule has 11 heavy (non-hydrogen) atoms. The maximum Gasteiger partial charge on any atom is 0.0505 e. The van der Waals surface area contributed by atoms with Crippen LogP contribution in [0.5, 0.6) is 0 Å². The first-order valence-corrected chi connectivity index (χ1v) is 8.48. The van der Waals surface area contributed by atoms with Gasteiger partial charge < -0.3 is 0 Å². The molecule has 1 heterocycles. The summed E-state index contributed by atoms with van der Waals surface area (Å²) < 4.78 is 0. The van der Waals surface area contributed by atoms with Gasteiger partial charge in [-0.1, -0.05) is 43.9 Å². The van der Waals surface area contributed by atoms with Crippen LogP contribution in [-0.2, 0) is 0 Å². The van der Waals surface area contributed by atoms with Crippen molar-refractivity contribution < 1.29 is 0 Å². The molecule has 1 saturated heterocycles. The Balaban J connectivity index is 2.25. The molecular weight excluding hydrogens is 172 g/mol. The highest BCUT2D eigenvalue weighted by Crippen LogP contribution is 2.32. The first-order valence-electron chi connectivity index (χ1n) is 4.83. The molecule has 1 rings (SSSR count). The van der Waals surface area contributed by atoms with E-state index in [0.717, 1.165) is 5.88 Å². The Bertz CT molecular complexity index is 108. The van der Waals surface area contributed by atoms with E-state index < -0.39 is 8.07 Å². The van der Waals surface area contributed by atoms with Crippen LogP contribution in [0.4, 0.5) is 0 Å². The number of hydrogen-bond donors (Lipinski definition) is 0. The second kappa shape index (κ2) is 4.51. The number of halogens is 1. The summed E-state index contributed by atoms with van der Waals surface area (Å²) in [7, 11) is -0.742. The monoisotopic (exact) mass is 190 g/mol. The Hall–Kier alpha value is 0.507. The van der Waals surface area contributed by atoms with Crippen LogP contribution in [0.25, 0.3) is 0 Å². The molecule has 1 aliphatic heterocycles. The van der Waals surface area contributed by atoms with Crippen LogP contribution in [0.15, 0.2) is 0 Å². The molecule has 0 aromatic heterocycles. The standard InChI is InChI=1S/C9H19ClSi/c1-11(9-5-6-10)7-3-2-4-8-11/h2-9H2,1H3. The van der Waals surface area contributed by atoms with Gasteiger partial charge in [-0.25, -0.2) is 0 Å². The van der Waals surface area contributed by atoms with Gasteiger partial charge in [0.1, 0.15) is 0 Å². The summed E-state index contributed by atoms with van der Waals surface area (Å²) in [6, 6.07) is 4.63. The van der Waals surface area contributed by atoms with Gasteiger partial charge in [-0.15, -0.1) is 11.6 Å². The van der Waals surface area contributed by atoms with Gasteiger partial charge in [-0.3, -0.25) is 0 Å². The van der Waals surface area contributed by atoms with E-state index in [4.69, 9.17) is 11.6 Å². The fourth-order valence-electron chi connectivity index (χ4n) is 2.15. The highest BCUT2D eigenvalue weighted by Gasteiger charge is 2.27. The zero-order chi connectivity index (χ0) is 8.16. The average Bonchev–Trinajstić information content (AvgIpc) is 2.03. The lowest BCUT2D eigenvalue weighted by atomic mass is 10.3. The smallest absolute Gasteiger partial charge is 0.0505 e. The van der Waals surface area contributed by atoms with Crippen molar-refractivity contribution in [3.63, 3.8) is 0 Å². The minimum Gasteiger partial charge on any atom is -0.127 e. The summed E-state index contributed by atoms with van der Waals surface area (Å²) in [5.41, 5.74) is 0. The van der Waals surface area contributed by atoms with E-state index in [1.165, 1.54) is 31.7 Å². The number of rotatable bonds is 3. The normalized spacial score (nSPS) is 23.5. The fourth-order valence-corrected chi connectivity index (χ4v) is 6.49. The molecular formula is C9H19ClSi. The molecule has 0 aromatic carbocycles. The fraction of sp³-hybridized carbons (Fsp3) is 1.00. The lowest BCUT2D eigenvalue weighted by Crippen LogP contribution is -2.31. The Kier molecular flexibility index (Phi) is 3.94. The third-order valence-corrected chi connectivity index (χ3v) is 7.92. The van der Waals surface area contributed by atoms with Crippen molar-refractivity contribution in [2.45, 2.75) is 50.4 Å². The Morgan fingerprint density at radius 1 is 1.18 bits per heavy atom. The van der Waals surface area contributed by atoms with Crippen LogP contribution in [0.1, 0.15) is 25.7 Å². The van der Waals surface area contributed by atoms with Crippen LogP contribution in [-0.4, -0.2) is 14.0 Å². The summed E-state index contributed by atoms with van der Waals surface area (Å²) in [5.74, 6) is 0.878. The molecule has 1 aliphatic rings. The van der Waals surface area contributed by atoms with Crippen LogP contribution < -0.4 is 0 Å². The van der Waals surface area contributed by atoms with E-state index in [2.05, 4.69) is 6.55 Å². The third kappa shape index (κ3) is 3.16. The maximum atomic E-state index is 5.70. The Labute approximate surface area is 76.3 Å². The van der Waals surface area contributed by atoms with Crippen molar-refractivity contribution in [2.75, 3.05) is 5.88 Å². The van der Waals surface area contributed by atoms with Gasteiger partial charge in [-0.05, 0) is 6.42 Å². The molecule has 0 radical (unpaired) electrons. The SMILES string of the molecule is C[Si]1(CCCCl)CCCCC1. The van der Waals surface area contributed by atoms with E-state index >= 15 is 0 Å². The highest BCUT2D eigenvalue weighted by atomic mass is 35.5. The van der Waals surface area contributed by atoms with Crippen LogP contribution in [0.2, 0.25) is 24.7 Å². The molecule has 0 aliphatic carbocycles. The molecule has 0 nitrogen and oxygen atoms in total. The predicted octanol–water partition coefficient (Wildman–Crippen LogP) is 3.88. The van der Waals surface area contributed by atoms with Crippen molar-refractivity contribution in [2.24, 2.45) is 0 Å². The zero-order valence-electron chi connectivity index (χ0n) is 7.53. The molecule has 1 fully saturated rings. The van der Waals surface area contributed by atoms with Gasteiger partial charge in [-0.2, -0.15) is 0 Å². The van der Waals surface area contributed by atoms with Crippen molar-refractivity contribution in [1.82, 2.24) is 0 Å². The molecule has 0 bridgehead atoms. The van der Waals surface area contributed by atoms with Gasteiger partial charge in [0.25, 0.3) is 0 Å². The summed E-state index contributed by atoms with van der Waals surface area (Å²) in [6.45, 7) is 2.57. The molecule has 66 valence electrons. The summed E-state index contributed by atoms with van der Waals surface area (Å²) >= 11 is 5.70. The molecule has 0 unspecified atom stereocenters. The lowest BCUT2D eigenvalue weighted by molar-refractivity contribution is 0.704. The van der Waals surface area contributed by atoms with E-state index in [1.807, 2.05) is 0 Å². The van der Waals surface area contributed by atoms with Crippen LogP contribution in [0.3, 0.4) is 0 Å². The lowest BCUT2D eigenvalue weighted by Gasteiger charge is -2.31. The minimum atomic E-state index is -0.742. The number of alkyl halides is 1. The summed E-state index contributed by atoms with van der Waals surface area (Å²) in [6.07, 6.45) is 5.77. The molecule has 0 atom stereocenters. The van der Waals surface area contributed by atoms with E-state index in [1.54, 1.807) is 12.1 Å². The summed E-state index contributed by atoms with van der Waals surface area (Å²) in [4.78, 5) is 0. The first kappa shape index (κ1) is 9.59. The van der Waals surface area contributed by atoms with E-state index in [0.29, 0.717) is 0 Å². The topological polar surface area (TPSA) is 0 Å².